The summed E-state index contributed by atoms with van der Waals surface area (Å²) < 4.78 is 1.97. The second kappa shape index (κ2) is 5.69. The normalized spacial score (nSPS) is 23.3. The fourth-order valence-corrected chi connectivity index (χ4v) is 3.89. The molecule has 0 spiro atoms. The Kier molecular flexibility index (Phi) is 3.47. The van der Waals surface area contributed by atoms with Crippen molar-refractivity contribution in [1.29, 1.82) is 0 Å². The lowest BCUT2D eigenvalue weighted by molar-refractivity contribution is 0.353. The molecule has 5 rings (SSSR count). The lowest BCUT2D eigenvalue weighted by Gasteiger charge is -2.40. The molecule has 0 bridgehead atoms. The third-order valence-electron chi connectivity index (χ3n) is 6.08. The molecule has 6 heteroatoms. The third kappa shape index (κ3) is 2.57. The van der Waals surface area contributed by atoms with Gasteiger partial charge in [0.15, 0.2) is 11.5 Å². The highest BCUT2D eigenvalue weighted by Crippen LogP contribution is 2.35. The van der Waals surface area contributed by atoms with Crippen LogP contribution in [0.25, 0.3) is 5.65 Å². The monoisotopic (exact) mass is 326 g/mol. The summed E-state index contributed by atoms with van der Waals surface area (Å²) >= 11 is 0. The summed E-state index contributed by atoms with van der Waals surface area (Å²) in [4.78, 5) is 2.37. The number of nitrogens with one attached hydrogen (secondary N) is 1. The Morgan fingerprint density at radius 3 is 2.71 bits per heavy atom. The van der Waals surface area contributed by atoms with E-state index in [0.717, 1.165) is 48.8 Å². The van der Waals surface area contributed by atoms with Gasteiger partial charge in [-0.1, -0.05) is 6.42 Å². The fourth-order valence-electron chi connectivity index (χ4n) is 3.89. The first-order valence-corrected chi connectivity index (χ1v) is 9.48. The summed E-state index contributed by atoms with van der Waals surface area (Å²) in [5.41, 5.74) is 0.873. The molecule has 2 aromatic rings. The van der Waals surface area contributed by atoms with Gasteiger partial charge in [-0.05, 0) is 50.7 Å². The molecular formula is C18H26N6. The Balaban J connectivity index is 1.23. The SMILES string of the molecule is CC(NCC1CN(c2ccc3nnc(C4CCC4)n3n2)C1)C1CC1. The molecule has 3 heterocycles. The quantitative estimate of drug-likeness (QED) is 0.882. The summed E-state index contributed by atoms with van der Waals surface area (Å²) in [6, 6.07) is 4.83. The fraction of sp³-hybridized carbons (Fsp3) is 0.722. The maximum absolute atomic E-state index is 4.83. The lowest BCUT2D eigenvalue weighted by Crippen LogP contribution is -2.52. The first-order chi connectivity index (χ1) is 11.8. The number of hydrogen-bond donors (Lipinski definition) is 1. The van der Waals surface area contributed by atoms with Crippen LogP contribution in [-0.4, -0.2) is 45.5 Å². The van der Waals surface area contributed by atoms with Crippen LogP contribution in [0.1, 0.15) is 50.8 Å². The second-order valence-corrected chi connectivity index (χ2v) is 7.95. The zero-order valence-electron chi connectivity index (χ0n) is 14.4. The summed E-state index contributed by atoms with van der Waals surface area (Å²) in [7, 11) is 0. The molecular weight excluding hydrogens is 300 g/mol. The van der Waals surface area contributed by atoms with E-state index in [1.807, 2.05) is 4.52 Å². The van der Waals surface area contributed by atoms with Gasteiger partial charge in [0, 0.05) is 37.5 Å². The van der Waals surface area contributed by atoms with Crippen molar-refractivity contribution in [2.45, 2.75) is 51.0 Å². The maximum Gasteiger partial charge on any atom is 0.178 e. The largest absolute Gasteiger partial charge is 0.354 e. The Bertz CT molecular complexity index is 726. The minimum atomic E-state index is 0.556. The topological polar surface area (TPSA) is 58.3 Å². The first kappa shape index (κ1) is 14.6. The Hall–Kier alpha value is -1.69. The Morgan fingerprint density at radius 2 is 2.00 bits per heavy atom. The molecule has 1 unspecified atom stereocenters. The minimum Gasteiger partial charge on any atom is -0.354 e. The standard InChI is InChI=1S/C18H26N6/c1-12(14-5-6-14)19-9-13-10-23(11-13)17-8-7-16-20-21-18(24(16)22-17)15-3-2-4-15/h7-8,12-15,19H,2-6,9-11H2,1H3. The van der Waals surface area contributed by atoms with E-state index in [-0.39, 0.29) is 0 Å². The highest BCUT2D eigenvalue weighted by Gasteiger charge is 2.32. The van der Waals surface area contributed by atoms with Gasteiger partial charge in [0.05, 0.1) is 0 Å². The van der Waals surface area contributed by atoms with E-state index in [9.17, 15) is 0 Å². The number of anilines is 1. The zero-order valence-corrected chi connectivity index (χ0v) is 14.4. The summed E-state index contributed by atoms with van der Waals surface area (Å²) in [5.74, 6) is 4.35. The molecule has 0 radical (unpaired) electrons. The third-order valence-corrected chi connectivity index (χ3v) is 6.08. The highest BCUT2D eigenvalue weighted by atomic mass is 15.4. The van der Waals surface area contributed by atoms with Crippen molar-refractivity contribution in [1.82, 2.24) is 25.1 Å². The molecule has 0 amide bonds. The maximum atomic E-state index is 4.83. The Labute approximate surface area is 142 Å². The van der Waals surface area contributed by atoms with Crippen molar-refractivity contribution in [3.8, 4) is 0 Å². The van der Waals surface area contributed by atoms with Crippen LogP contribution in [0.3, 0.4) is 0 Å². The van der Waals surface area contributed by atoms with Gasteiger partial charge in [-0.3, -0.25) is 0 Å². The lowest BCUT2D eigenvalue weighted by atomic mass is 9.85. The van der Waals surface area contributed by atoms with Gasteiger partial charge in [0.1, 0.15) is 5.82 Å². The molecule has 1 aliphatic heterocycles. The van der Waals surface area contributed by atoms with Gasteiger partial charge in [-0.2, -0.15) is 4.52 Å². The van der Waals surface area contributed by atoms with Crippen molar-refractivity contribution in [2.24, 2.45) is 11.8 Å². The van der Waals surface area contributed by atoms with Crippen molar-refractivity contribution in [3.63, 3.8) is 0 Å². The van der Waals surface area contributed by atoms with Crippen LogP contribution in [0.2, 0.25) is 0 Å². The molecule has 2 saturated carbocycles. The molecule has 2 aromatic heterocycles. The summed E-state index contributed by atoms with van der Waals surface area (Å²) in [6.07, 6.45) is 6.58. The summed E-state index contributed by atoms with van der Waals surface area (Å²) in [5, 5.41) is 17.2. The first-order valence-electron chi connectivity index (χ1n) is 9.48. The Morgan fingerprint density at radius 1 is 1.17 bits per heavy atom. The molecule has 1 saturated heterocycles. The molecule has 2 aliphatic carbocycles. The number of hydrogen-bond acceptors (Lipinski definition) is 5. The predicted octanol–water partition coefficient (Wildman–Crippen LogP) is 2.22. The van der Waals surface area contributed by atoms with E-state index in [4.69, 9.17) is 5.10 Å². The summed E-state index contributed by atoms with van der Waals surface area (Å²) in [6.45, 7) is 5.67. The van der Waals surface area contributed by atoms with E-state index in [0.29, 0.717) is 12.0 Å². The van der Waals surface area contributed by atoms with Crippen LogP contribution in [0.15, 0.2) is 12.1 Å². The van der Waals surface area contributed by atoms with Crippen molar-refractivity contribution < 1.29 is 0 Å². The van der Waals surface area contributed by atoms with E-state index in [2.05, 4.69) is 39.5 Å². The van der Waals surface area contributed by atoms with Crippen LogP contribution >= 0.6 is 0 Å². The minimum absolute atomic E-state index is 0.556. The van der Waals surface area contributed by atoms with Gasteiger partial charge in [0.2, 0.25) is 0 Å². The average Bonchev–Trinajstić information content (AvgIpc) is 3.27. The van der Waals surface area contributed by atoms with Gasteiger partial charge < -0.3 is 10.2 Å². The van der Waals surface area contributed by atoms with Gasteiger partial charge >= 0.3 is 0 Å². The van der Waals surface area contributed by atoms with Crippen LogP contribution in [0, 0.1) is 11.8 Å². The van der Waals surface area contributed by atoms with Gasteiger partial charge in [-0.15, -0.1) is 15.3 Å². The average molecular weight is 326 g/mol. The van der Waals surface area contributed by atoms with Gasteiger partial charge in [0.25, 0.3) is 0 Å². The van der Waals surface area contributed by atoms with Crippen LogP contribution in [-0.2, 0) is 0 Å². The molecule has 3 fully saturated rings. The van der Waals surface area contributed by atoms with E-state index in [1.54, 1.807) is 0 Å². The molecule has 3 aliphatic rings. The smallest absolute Gasteiger partial charge is 0.178 e. The second-order valence-electron chi connectivity index (χ2n) is 7.95. The van der Waals surface area contributed by atoms with Crippen molar-refractivity contribution in [2.75, 3.05) is 24.5 Å². The molecule has 6 nitrogen and oxygen atoms in total. The number of rotatable bonds is 6. The molecule has 1 N–H and O–H groups in total. The van der Waals surface area contributed by atoms with Crippen LogP contribution in [0.4, 0.5) is 5.82 Å². The number of nitrogens with zero attached hydrogens (tertiary/aromatic N) is 5. The van der Waals surface area contributed by atoms with E-state index >= 15 is 0 Å². The molecule has 128 valence electrons. The van der Waals surface area contributed by atoms with Crippen molar-refractivity contribution >= 4 is 11.5 Å². The zero-order chi connectivity index (χ0) is 16.1. The van der Waals surface area contributed by atoms with Crippen molar-refractivity contribution in [3.05, 3.63) is 18.0 Å². The van der Waals surface area contributed by atoms with E-state index < -0.39 is 0 Å². The highest BCUT2D eigenvalue weighted by molar-refractivity contribution is 5.47. The van der Waals surface area contributed by atoms with Gasteiger partial charge in [-0.25, -0.2) is 0 Å². The van der Waals surface area contributed by atoms with Crippen LogP contribution < -0.4 is 10.2 Å². The van der Waals surface area contributed by atoms with E-state index in [1.165, 1.54) is 32.1 Å². The molecule has 24 heavy (non-hydrogen) atoms. The molecule has 0 aromatic carbocycles. The van der Waals surface area contributed by atoms with Crippen LogP contribution in [0.5, 0.6) is 0 Å². The number of aromatic nitrogens is 4. The molecule has 1 atom stereocenters. The predicted molar refractivity (Wildman–Crippen MR) is 93.3 cm³/mol. The number of fused-ring (bicyclic) bond motifs is 1.